The van der Waals surface area contributed by atoms with Gasteiger partial charge in [0.05, 0.1) is 13.0 Å². The van der Waals surface area contributed by atoms with E-state index >= 15 is 0 Å². The van der Waals surface area contributed by atoms with Crippen molar-refractivity contribution in [3.63, 3.8) is 0 Å². The van der Waals surface area contributed by atoms with Gasteiger partial charge in [0.1, 0.15) is 0 Å². The molecule has 1 unspecified atom stereocenters. The molecule has 0 aliphatic rings. The fraction of sp³-hybridized carbons (Fsp3) is 0.867. The number of hydrogen-bond donors (Lipinski definition) is 2. The molecule has 2 N–H and O–H groups in total. The van der Waals surface area contributed by atoms with Crippen LogP contribution in [0.15, 0.2) is 0 Å². The molecule has 0 aliphatic carbocycles. The van der Waals surface area contributed by atoms with E-state index in [1.807, 2.05) is 0 Å². The van der Waals surface area contributed by atoms with Gasteiger partial charge in [0.25, 0.3) is 0 Å². The van der Waals surface area contributed by atoms with Crippen LogP contribution in [0.25, 0.3) is 0 Å². The van der Waals surface area contributed by atoms with Crippen LogP contribution in [0.5, 0.6) is 0 Å². The largest absolute Gasteiger partial charge is 0.481 e. The van der Waals surface area contributed by atoms with Crippen molar-refractivity contribution in [1.82, 2.24) is 0 Å². The van der Waals surface area contributed by atoms with Crippen molar-refractivity contribution < 1.29 is 34.0 Å². The number of unbranched alkanes of at least 4 members (excludes halogenated alkanes) is 2. The fourth-order valence-electron chi connectivity index (χ4n) is 1.58. The molecule has 1 atom stereocenters. The maximum Gasteiger partial charge on any atom is 0.335 e. The van der Waals surface area contributed by atoms with Crippen LogP contribution in [0.4, 0.5) is 0 Å². The number of ether oxygens (including phenoxy) is 3. The van der Waals surface area contributed by atoms with Crippen LogP contribution in [-0.2, 0) is 23.8 Å². The molecule has 0 aromatic rings. The first kappa shape index (κ1) is 20.8. The summed E-state index contributed by atoms with van der Waals surface area (Å²) in [5.41, 5.74) is 0. The Hall–Kier alpha value is -1.18. The zero-order chi connectivity index (χ0) is 16.6. The number of aliphatic carboxylic acids is 1. The Balaban J connectivity index is 3.26. The van der Waals surface area contributed by atoms with Crippen LogP contribution in [0, 0.1) is 0 Å². The molecular formula is C15H28O7. The molecule has 0 aromatic carbocycles. The summed E-state index contributed by atoms with van der Waals surface area (Å²) in [4.78, 5) is 21.5. The zero-order valence-corrected chi connectivity index (χ0v) is 13.3. The lowest BCUT2D eigenvalue weighted by Crippen LogP contribution is -2.26. The van der Waals surface area contributed by atoms with Crippen molar-refractivity contribution in [2.75, 3.05) is 33.0 Å². The molecule has 0 bridgehead atoms. The minimum Gasteiger partial charge on any atom is -0.481 e. The summed E-state index contributed by atoms with van der Waals surface area (Å²) < 4.78 is 15.5. The number of carboxylic acid groups (broad SMARTS) is 1. The van der Waals surface area contributed by atoms with Gasteiger partial charge < -0.3 is 24.4 Å². The van der Waals surface area contributed by atoms with Crippen LogP contribution in [0.2, 0.25) is 0 Å². The summed E-state index contributed by atoms with van der Waals surface area (Å²) in [5, 5.41) is 17.6. The van der Waals surface area contributed by atoms with Gasteiger partial charge in [0, 0.05) is 26.4 Å². The van der Waals surface area contributed by atoms with E-state index in [0.717, 1.165) is 38.9 Å². The summed E-state index contributed by atoms with van der Waals surface area (Å²) in [7, 11) is 0. The topological polar surface area (TPSA) is 102 Å². The van der Waals surface area contributed by atoms with Crippen LogP contribution < -0.4 is 0 Å². The molecule has 130 valence electrons. The lowest BCUT2D eigenvalue weighted by atomic mass is 10.2. The Labute approximate surface area is 131 Å². The van der Waals surface area contributed by atoms with E-state index < -0.39 is 24.5 Å². The van der Waals surface area contributed by atoms with Crippen molar-refractivity contribution >= 4 is 11.9 Å². The van der Waals surface area contributed by atoms with Crippen molar-refractivity contribution in [3.05, 3.63) is 0 Å². The highest BCUT2D eigenvalue weighted by atomic mass is 16.5. The molecule has 0 radical (unpaired) electrons. The second-order valence-corrected chi connectivity index (χ2v) is 4.92. The number of carbonyl (C=O) groups excluding carboxylic acids is 1. The lowest BCUT2D eigenvalue weighted by molar-refractivity contribution is -0.158. The predicted octanol–water partition coefficient (Wildman–Crippen LogP) is 1.37. The number of esters is 1. The van der Waals surface area contributed by atoms with Crippen molar-refractivity contribution in [3.8, 4) is 0 Å². The number of aliphatic hydroxyl groups is 1. The smallest absolute Gasteiger partial charge is 0.335 e. The molecule has 7 nitrogen and oxygen atoms in total. The van der Waals surface area contributed by atoms with Crippen LogP contribution >= 0.6 is 0 Å². The van der Waals surface area contributed by atoms with E-state index in [0.29, 0.717) is 19.6 Å². The average molecular weight is 320 g/mol. The molecule has 0 saturated carbocycles. The average Bonchev–Trinajstić information content (AvgIpc) is 2.47. The van der Waals surface area contributed by atoms with Crippen molar-refractivity contribution in [2.45, 2.75) is 51.6 Å². The number of aliphatic hydroxyl groups excluding tert-OH is 1. The molecule has 0 spiro atoms. The van der Waals surface area contributed by atoms with E-state index in [4.69, 9.17) is 19.3 Å². The van der Waals surface area contributed by atoms with Crippen LogP contribution in [0.3, 0.4) is 0 Å². The maximum absolute atomic E-state index is 11.2. The third-order valence-electron chi connectivity index (χ3n) is 2.74. The molecule has 0 heterocycles. The molecule has 0 fully saturated rings. The highest BCUT2D eigenvalue weighted by Crippen LogP contribution is 1.99. The van der Waals surface area contributed by atoms with E-state index in [9.17, 15) is 14.7 Å². The fourth-order valence-corrected chi connectivity index (χ4v) is 1.58. The first-order valence-electron chi connectivity index (χ1n) is 7.80. The highest BCUT2D eigenvalue weighted by Gasteiger charge is 2.19. The van der Waals surface area contributed by atoms with E-state index in [1.165, 1.54) is 0 Å². The minimum atomic E-state index is -1.59. The van der Waals surface area contributed by atoms with Gasteiger partial charge in [-0.05, 0) is 32.1 Å². The standard InChI is InChI=1S/C15H28O7/c1-2-7-20-8-3-4-9-21-10-5-6-11-22-15(19)13(16)12-14(17)18/h13,16H,2-12H2,1H3,(H,17,18). The third-order valence-corrected chi connectivity index (χ3v) is 2.74. The third kappa shape index (κ3) is 13.8. The SMILES string of the molecule is CCCOCCCCOCCCCOC(=O)C(O)CC(=O)O. The van der Waals surface area contributed by atoms with Gasteiger partial charge in [-0.25, -0.2) is 4.79 Å². The van der Waals surface area contributed by atoms with Crippen LogP contribution in [0.1, 0.15) is 45.4 Å². The first-order valence-corrected chi connectivity index (χ1v) is 7.80. The Bertz CT molecular complexity index is 294. The van der Waals surface area contributed by atoms with Gasteiger partial charge in [-0.2, -0.15) is 0 Å². The van der Waals surface area contributed by atoms with Gasteiger partial charge in [-0.1, -0.05) is 6.92 Å². The lowest BCUT2D eigenvalue weighted by Gasteiger charge is -2.09. The first-order chi connectivity index (χ1) is 10.6. The zero-order valence-electron chi connectivity index (χ0n) is 13.3. The monoisotopic (exact) mass is 320 g/mol. The van der Waals surface area contributed by atoms with E-state index in [-0.39, 0.29) is 6.61 Å². The molecule has 0 saturated heterocycles. The van der Waals surface area contributed by atoms with Crippen LogP contribution in [-0.4, -0.2) is 61.3 Å². The van der Waals surface area contributed by atoms with E-state index in [1.54, 1.807) is 0 Å². The van der Waals surface area contributed by atoms with Gasteiger partial charge >= 0.3 is 11.9 Å². The second kappa shape index (κ2) is 14.7. The molecule has 0 rings (SSSR count). The highest BCUT2D eigenvalue weighted by molar-refractivity contribution is 5.80. The molecule has 22 heavy (non-hydrogen) atoms. The van der Waals surface area contributed by atoms with Crippen molar-refractivity contribution in [2.24, 2.45) is 0 Å². The molecule has 0 aromatic heterocycles. The summed E-state index contributed by atoms with van der Waals surface area (Å²) >= 11 is 0. The number of carboxylic acids is 1. The Kier molecular flexibility index (Phi) is 14.0. The quantitative estimate of drug-likeness (QED) is 0.347. The summed E-state index contributed by atoms with van der Waals surface area (Å²) in [6.07, 6.45) is 2.11. The number of carbonyl (C=O) groups is 2. The van der Waals surface area contributed by atoms with Gasteiger partial charge in [0.15, 0.2) is 6.10 Å². The van der Waals surface area contributed by atoms with Gasteiger partial charge in [0.2, 0.25) is 0 Å². The number of hydrogen-bond acceptors (Lipinski definition) is 6. The van der Waals surface area contributed by atoms with Crippen molar-refractivity contribution in [1.29, 1.82) is 0 Å². The second-order valence-electron chi connectivity index (χ2n) is 4.92. The Morgan fingerprint density at radius 3 is 1.91 bits per heavy atom. The maximum atomic E-state index is 11.2. The summed E-state index contributed by atoms with van der Waals surface area (Å²) in [5.74, 6) is -2.13. The van der Waals surface area contributed by atoms with Gasteiger partial charge in [-0.15, -0.1) is 0 Å². The van der Waals surface area contributed by atoms with Gasteiger partial charge in [-0.3, -0.25) is 4.79 Å². The molecular weight excluding hydrogens is 292 g/mol. The molecule has 0 aliphatic heterocycles. The Morgan fingerprint density at radius 1 is 0.909 bits per heavy atom. The summed E-state index contributed by atoms with van der Waals surface area (Å²) in [6, 6.07) is 0. The predicted molar refractivity (Wildman–Crippen MR) is 79.6 cm³/mol. The molecule has 7 heteroatoms. The number of rotatable bonds is 15. The summed E-state index contributed by atoms with van der Waals surface area (Å²) in [6.45, 7) is 5.08. The normalized spacial score (nSPS) is 12.1. The van der Waals surface area contributed by atoms with E-state index in [2.05, 4.69) is 6.92 Å². The Morgan fingerprint density at radius 2 is 1.41 bits per heavy atom. The minimum absolute atomic E-state index is 0.156. The molecule has 0 amide bonds.